The van der Waals surface area contributed by atoms with Crippen molar-refractivity contribution in [1.29, 1.82) is 0 Å². The van der Waals surface area contributed by atoms with E-state index < -0.39 is 0 Å². The Kier molecular flexibility index (Phi) is 7.43. The Labute approximate surface area is 202 Å². The molecule has 4 rings (SSSR count). The van der Waals surface area contributed by atoms with Crippen LogP contribution in [0.15, 0.2) is 78.9 Å². The maximum atomic E-state index is 13.8. The molecule has 1 aromatic heterocycles. The third-order valence-corrected chi connectivity index (χ3v) is 5.62. The first-order valence-corrected chi connectivity index (χ1v) is 11.6. The van der Waals surface area contributed by atoms with Crippen molar-refractivity contribution in [1.82, 2.24) is 4.98 Å². The van der Waals surface area contributed by atoms with Gasteiger partial charge in [0.25, 0.3) is 5.91 Å². The van der Waals surface area contributed by atoms with E-state index in [0.29, 0.717) is 52.9 Å². The Balaban J connectivity index is 1.64. The maximum absolute atomic E-state index is 13.8. The zero-order chi connectivity index (χ0) is 23.2. The number of hydrogen-bond donors (Lipinski definition) is 1. The van der Waals surface area contributed by atoms with Gasteiger partial charge in [-0.15, -0.1) is 23.2 Å². The van der Waals surface area contributed by atoms with Gasteiger partial charge in [0.15, 0.2) is 0 Å². The van der Waals surface area contributed by atoms with Gasteiger partial charge < -0.3 is 10.2 Å². The van der Waals surface area contributed by atoms with Crippen molar-refractivity contribution in [2.75, 3.05) is 35.1 Å². The highest BCUT2D eigenvalue weighted by molar-refractivity contribution is 6.18. The van der Waals surface area contributed by atoms with Crippen LogP contribution in [-0.4, -0.2) is 35.7 Å². The van der Waals surface area contributed by atoms with E-state index in [1.807, 2.05) is 48.5 Å². The molecule has 3 aromatic carbocycles. The molecule has 0 bridgehead atoms. The molecule has 1 amide bonds. The third kappa shape index (κ3) is 5.44. The average Bonchev–Trinajstić information content (AvgIpc) is 2.83. The topological polar surface area (TPSA) is 45.2 Å². The lowest BCUT2D eigenvalue weighted by Gasteiger charge is -2.23. The monoisotopic (exact) mass is 481 g/mol. The van der Waals surface area contributed by atoms with E-state index >= 15 is 0 Å². The summed E-state index contributed by atoms with van der Waals surface area (Å²) in [7, 11) is 0. The number of nitrogens with one attached hydrogen (secondary N) is 1. The van der Waals surface area contributed by atoms with Crippen molar-refractivity contribution < 1.29 is 9.18 Å². The summed E-state index contributed by atoms with van der Waals surface area (Å²) in [5.41, 5.74) is 3.92. The fourth-order valence-electron chi connectivity index (χ4n) is 3.69. The maximum Gasteiger partial charge on any atom is 0.256 e. The fourth-order valence-corrected chi connectivity index (χ4v) is 4.10. The smallest absolute Gasteiger partial charge is 0.256 e. The van der Waals surface area contributed by atoms with E-state index in [9.17, 15) is 9.18 Å². The number of alkyl halides is 2. The quantitative estimate of drug-likeness (QED) is 0.289. The molecule has 0 aliphatic heterocycles. The lowest BCUT2D eigenvalue weighted by Crippen LogP contribution is -2.27. The summed E-state index contributed by atoms with van der Waals surface area (Å²) in [5, 5.41) is 3.68. The predicted octanol–water partition coefficient (Wildman–Crippen LogP) is 6.58. The number of aromatic nitrogens is 1. The molecule has 4 aromatic rings. The molecule has 0 spiro atoms. The lowest BCUT2D eigenvalue weighted by atomic mass is 10.0. The fraction of sp³-hybridized carbons (Fsp3) is 0.154. The molecule has 1 N–H and O–H groups in total. The molecule has 168 valence electrons. The van der Waals surface area contributed by atoms with Gasteiger partial charge in [-0.2, -0.15) is 0 Å². The molecule has 0 aliphatic carbocycles. The Morgan fingerprint density at radius 3 is 2.33 bits per heavy atom. The van der Waals surface area contributed by atoms with Gasteiger partial charge in [-0.1, -0.05) is 30.3 Å². The molecule has 7 heteroatoms. The number of halogens is 3. The number of carbonyl (C=O) groups is 1. The van der Waals surface area contributed by atoms with E-state index in [0.717, 1.165) is 11.1 Å². The number of hydrogen-bond acceptors (Lipinski definition) is 3. The lowest BCUT2D eigenvalue weighted by molar-refractivity contribution is 0.102. The number of pyridine rings is 1. The normalized spacial score (nSPS) is 10.9. The summed E-state index contributed by atoms with van der Waals surface area (Å²) < 4.78 is 13.8. The molecule has 0 unspecified atom stereocenters. The molecule has 0 aliphatic rings. The van der Waals surface area contributed by atoms with Crippen molar-refractivity contribution in [3.8, 4) is 11.3 Å². The Morgan fingerprint density at radius 2 is 1.64 bits per heavy atom. The molecule has 0 saturated carbocycles. The molecule has 1 heterocycles. The van der Waals surface area contributed by atoms with E-state index in [4.69, 9.17) is 23.2 Å². The third-order valence-electron chi connectivity index (χ3n) is 5.28. The van der Waals surface area contributed by atoms with Gasteiger partial charge in [-0.25, -0.2) is 9.37 Å². The summed E-state index contributed by atoms with van der Waals surface area (Å²) >= 11 is 11.8. The van der Waals surface area contributed by atoms with Gasteiger partial charge in [-0.05, 0) is 48.5 Å². The van der Waals surface area contributed by atoms with Gasteiger partial charge in [0.1, 0.15) is 5.82 Å². The van der Waals surface area contributed by atoms with Crippen molar-refractivity contribution in [3.05, 3.63) is 90.2 Å². The van der Waals surface area contributed by atoms with Crippen LogP contribution in [0, 0.1) is 5.82 Å². The molecule has 0 radical (unpaired) electrons. The first-order chi connectivity index (χ1) is 16.1. The van der Waals surface area contributed by atoms with Crippen LogP contribution in [0.25, 0.3) is 22.2 Å². The standard InChI is InChI=1S/C26H22Cl2FN3O/c27-12-14-32(15-13-28)21-10-8-20(9-11-21)30-26(33)23-17-25(18-4-3-5-19(29)16-18)31-24-7-2-1-6-22(23)24/h1-11,16-17H,12-15H2,(H,30,33). The zero-order valence-corrected chi connectivity index (χ0v) is 19.3. The van der Waals surface area contributed by atoms with Crippen molar-refractivity contribution >= 4 is 51.4 Å². The molecule has 33 heavy (non-hydrogen) atoms. The van der Waals surface area contributed by atoms with Gasteiger partial charge in [0, 0.05) is 47.2 Å². The van der Waals surface area contributed by atoms with Gasteiger partial charge in [0.05, 0.1) is 16.8 Å². The number of para-hydroxylation sites is 1. The van der Waals surface area contributed by atoms with Gasteiger partial charge >= 0.3 is 0 Å². The summed E-state index contributed by atoms with van der Waals surface area (Å²) in [4.78, 5) is 20.0. The van der Waals surface area contributed by atoms with Crippen LogP contribution in [0.3, 0.4) is 0 Å². The Morgan fingerprint density at radius 1 is 0.909 bits per heavy atom. The van der Waals surface area contributed by atoms with Crippen molar-refractivity contribution in [3.63, 3.8) is 0 Å². The minimum Gasteiger partial charge on any atom is -0.369 e. The molecule has 0 saturated heterocycles. The highest BCUT2D eigenvalue weighted by Gasteiger charge is 2.15. The number of anilines is 2. The van der Waals surface area contributed by atoms with Crippen molar-refractivity contribution in [2.24, 2.45) is 0 Å². The molecule has 0 atom stereocenters. The largest absolute Gasteiger partial charge is 0.369 e. The highest BCUT2D eigenvalue weighted by atomic mass is 35.5. The van der Waals surface area contributed by atoms with Crippen molar-refractivity contribution in [2.45, 2.75) is 0 Å². The molecular formula is C26H22Cl2FN3O. The minimum atomic E-state index is -0.356. The van der Waals surface area contributed by atoms with E-state index in [2.05, 4.69) is 15.2 Å². The van der Waals surface area contributed by atoms with Crippen LogP contribution >= 0.6 is 23.2 Å². The number of rotatable bonds is 8. The Bertz CT molecular complexity index is 1260. The van der Waals surface area contributed by atoms with E-state index in [-0.39, 0.29) is 11.7 Å². The van der Waals surface area contributed by atoms with Crippen LogP contribution in [-0.2, 0) is 0 Å². The summed E-state index contributed by atoms with van der Waals surface area (Å²) in [6, 6.07) is 22.8. The van der Waals surface area contributed by atoms with Crippen LogP contribution < -0.4 is 10.2 Å². The van der Waals surface area contributed by atoms with E-state index in [1.165, 1.54) is 12.1 Å². The molecular weight excluding hydrogens is 460 g/mol. The number of fused-ring (bicyclic) bond motifs is 1. The van der Waals surface area contributed by atoms with Crippen LogP contribution in [0.4, 0.5) is 15.8 Å². The Hall–Kier alpha value is -3.15. The first kappa shape index (κ1) is 23.0. The second-order valence-corrected chi connectivity index (χ2v) is 8.20. The SMILES string of the molecule is O=C(Nc1ccc(N(CCCl)CCCl)cc1)c1cc(-c2cccc(F)c2)nc2ccccc12. The van der Waals surface area contributed by atoms with Crippen LogP contribution in [0.1, 0.15) is 10.4 Å². The first-order valence-electron chi connectivity index (χ1n) is 10.5. The molecule has 0 fully saturated rings. The zero-order valence-electron chi connectivity index (χ0n) is 17.8. The second kappa shape index (κ2) is 10.6. The van der Waals surface area contributed by atoms with Crippen LogP contribution in [0.2, 0.25) is 0 Å². The van der Waals surface area contributed by atoms with Gasteiger partial charge in [0.2, 0.25) is 0 Å². The highest BCUT2D eigenvalue weighted by Crippen LogP contribution is 2.26. The summed E-state index contributed by atoms with van der Waals surface area (Å²) in [6.07, 6.45) is 0. The van der Waals surface area contributed by atoms with E-state index in [1.54, 1.807) is 18.2 Å². The number of amides is 1. The number of carbonyl (C=O) groups excluding carboxylic acids is 1. The second-order valence-electron chi connectivity index (χ2n) is 7.45. The van der Waals surface area contributed by atoms with Gasteiger partial charge in [-0.3, -0.25) is 4.79 Å². The predicted molar refractivity (Wildman–Crippen MR) is 135 cm³/mol. The van der Waals surface area contributed by atoms with Crippen LogP contribution in [0.5, 0.6) is 0 Å². The summed E-state index contributed by atoms with van der Waals surface area (Å²) in [6.45, 7) is 1.37. The number of benzene rings is 3. The number of nitrogens with zero attached hydrogens (tertiary/aromatic N) is 2. The summed E-state index contributed by atoms with van der Waals surface area (Å²) in [5.74, 6) is 0.374. The molecule has 4 nitrogen and oxygen atoms in total. The average molecular weight is 482 g/mol. The minimum absolute atomic E-state index is 0.266.